The number of imidazole rings is 2. The average Bonchev–Trinajstić information content (AvgIpc) is 4.13. The van der Waals surface area contributed by atoms with Gasteiger partial charge < -0.3 is 39.9 Å². The van der Waals surface area contributed by atoms with E-state index in [2.05, 4.69) is 55.6 Å². The maximum atomic E-state index is 14.1. The van der Waals surface area contributed by atoms with Gasteiger partial charge in [0.25, 0.3) is 0 Å². The normalized spacial score (nSPS) is 19.9. The summed E-state index contributed by atoms with van der Waals surface area (Å²) in [7, 11) is 2.60. The molecule has 0 bridgehead atoms. The summed E-state index contributed by atoms with van der Waals surface area (Å²) in [6.45, 7) is 4.99. The highest BCUT2D eigenvalue weighted by Gasteiger charge is 2.40. The first kappa shape index (κ1) is 40.4. The molecule has 316 valence electrons. The number of thiophene rings is 2. The van der Waals surface area contributed by atoms with E-state index in [9.17, 15) is 19.2 Å². The zero-order chi connectivity index (χ0) is 42.4. The van der Waals surface area contributed by atoms with Crippen LogP contribution < -0.4 is 10.6 Å². The molecule has 1 aliphatic carbocycles. The van der Waals surface area contributed by atoms with Gasteiger partial charge in [-0.25, -0.2) is 19.6 Å². The Kier molecular flexibility index (Phi) is 11.1. The minimum absolute atomic E-state index is 0.111. The molecule has 4 aromatic heterocycles. The second-order valence-electron chi connectivity index (χ2n) is 16.2. The molecular formula is C45H48N8O6S2. The molecule has 2 aromatic carbocycles. The van der Waals surface area contributed by atoms with Crippen LogP contribution in [0.15, 0.2) is 71.5 Å². The summed E-state index contributed by atoms with van der Waals surface area (Å²) in [4.78, 5) is 72.8. The van der Waals surface area contributed by atoms with Crippen molar-refractivity contribution in [1.29, 1.82) is 0 Å². The van der Waals surface area contributed by atoms with Crippen LogP contribution in [0.4, 0.5) is 9.59 Å². The second-order valence-corrected chi connectivity index (χ2v) is 18.0. The van der Waals surface area contributed by atoms with Gasteiger partial charge in [-0.1, -0.05) is 50.3 Å². The monoisotopic (exact) mass is 860 g/mol. The number of amides is 4. The molecule has 4 amide bonds. The first-order valence-corrected chi connectivity index (χ1v) is 22.5. The van der Waals surface area contributed by atoms with Gasteiger partial charge in [0.2, 0.25) is 11.8 Å². The molecule has 9 rings (SSSR count). The van der Waals surface area contributed by atoms with Gasteiger partial charge in [0.1, 0.15) is 23.7 Å². The number of aromatic nitrogens is 4. The molecule has 6 heterocycles. The molecular weight excluding hydrogens is 813 g/mol. The Morgan fingerprint density at radius 1 is 0.754 bits per heavy atom. The van der Waals surface area contributed by atoms with Crippen molar-refractivity contribution in [2.45, 2.75) is 70.1 Å². The number of alkyl carbamates (subject to hydrolysis) is 2. The van der Waals surface area contributed by atoms with Crippen molar-refractivity contribution in [2.24, 2.45) is 11.8 Å². The maximum absolute atomic E-state index is 14.1. The molecule has 5 atom stereocenters. The molecule has 2 saturated heterocycles. The number of allylic oxidation sites excluding steroid dienone is 3. The van der Waals surface area contributed by atoms with Crippen LogP contribution >= 0.6 is 22.7 Å². The number of rotatable bonds is 10. The highest BCUT2D eigenvalue weighted by molar-refractivity contribution is 7.27. The Hall–Kier alpha value is -6.00. The Morgan fingerprint density at radius 2 is 1.30 bits per heavy atom. The molecule has 4 N–H and O–H groups in total. The van der Waals surface area contributed by atoms with Crippen LogP contribution in [0.2, 0.25) is 0 Å². The zero-order valence-electron chi connectivity index (χ0n) is 34.4. The third-order valence-corrected chi connectivity index (χ3v) is 14.3. The van der Waals surface area contributed by atoms with Crippen LogP contribution in [0.5, 0.6) is 0 Å². The number of ether oxygens (including phenoxy) is 2. The Morgan fingerprint density at radius 3 is 1.80 bits per heavy atom. The summed E-state index contributed by atoms with van der Waals surface area (Å²) in [5.74, 6) is 0.919. The van der Waals surface area contributed by atoms with E-state index in [0.717, 1.165) is 81.7 Å². The smallest absolute Gasteiger partial charge is 0.407 e. The topological polar surface area (TPSA) is 175 Å². The molecule has 61 heavy (non-hydrogen) atoms. The van der Waals surface area contributed by atoms with Gasteiger partial charge >= 0.3 is 12.2 Å². The van der Waals surface area contributed by atoms with Crippen molar-refractivity contribution in [2.75, 3.05) is 27.3 Å². The Labute approximate surface area is 360 Å². The van der Waals surface area contributed by atoms with Crippen LogP contribution in [0.1, 0.15) is 69.7 Å². The molecule has 1 unspecified atom stereocenters. The molecule has 2 fully saturated rings. The van der Waals surface area contributed by atoms with Gasteiger partial charge in [0.15, 0.2) is 0 Å². The summed E-state index contributed by atoms with van der Waals surface area (Å²) in [6.07, 6.45) is 10.5. The first-order chi connectivity index (χ1) is 29.6. The van der Waals surface area contributed by atoms with E-state index in [0.29, 0.717) is 19.5 Å². The average molecular weight is 861 g/mol. The van der Waals surface area contributed by atoms with Gasteiger partial charge in [0.05, 0.1) is 57.8 Å². The van der Waals surface area contributed by atoms with Crippen molar-refractivity contribution in [3.8, 4) is 22.3 Å². The molecule has 3 aliphatic rings. The number of methoxy groups -OCH3 is 2. The quantitative estimate of drug-likeness (QED) is 0.106. The second kappa shape index (κ2) is 16.8. The van der Waals surface area contributed by atoms with Crippen LogP contribution in [-0.4, -0.2) is 93.1 Å². The predicted molar refractivity (Wildman–Crippen MR) is 237 cm³/mol. The van der Waals surface area contributed by atoms with Crippen molar-refractivity contribution < 1.29 is 28.7 Å². The number of carbonyl (C=O) groups is 4. The largest absolute Gasteiger partial charge is 0.453 e. The van der Waals surface area contributed by atoms with Gasteiger partial charge in [0, 0.05) is 40.9 Å². The standard InChI is InChI=1S/C45H48N8O6S2/c1-24(2)36(50-44(56)58-3)42(54)52-18-8-12-34(52)40-46-30-16-14-26(20-32(30)48-40)28-22-60-39-29(23-61-38(28)39)27-15-17-31-33(21-27)49-41(47-31)35-13-9-19-53(35)43(55)37(51-45(57)59-4)25-10-6-5-7-11-25/h5-7,10,14-17,20-25,34-37H,8-9,11-13,18-19H2,1-4H3,(H,46,48)(H,47,49)(H,50,56)(H,51,57)/t25?,34-,35-,36-,37+/m0/s1. The number of benzene rings is 2. The molecule has 14 nitrogen and oxygen atoms in total. The van der Waals surface area contributed by atoms with E-state index in [1.165, 1.54) is 23.6 Å². The summed E-state index contributed by atoms with van der Waals surface area (Å²) < 4.78 is 12.1. The van der Waals surface area contributed by atoms with E-state index in [1.54, 1.807) is 22.7 Å². The number of hydrogen-bond donors (Lipinski definition) is 4. The number of likely N-dealkylation sites (tertiary alicyclic amines) is 2. The Balaban J connectivity index is 0.945. The fraction of sp³-hybridized carbons (Fsp3) is 0.378. The minimum Gasteiger partial charge on any atom is -0.453 e. The number of nitrogens with one attached hydrogen (secondary N) is 4. The summed E-state index contributed by atoms with van der Waals surface area (Å²) in [5.41, 5.74) is 7.91. The minimum atomic E-state index is -0.747. The first-order valence-electron chi connectivity index (χ1n) is 20.7. The molecule has 0 saturated carbocycles. The van der Waals surface area contributed by atoms with Gasteiger partial charge in [-0.15, -0.1) is 22.7 Å². The molecule has 6 aromatic rings. The summed E-state index contributed by atoms with van der Waals surface area (Å²) >= 11 is 3.44. The SMILES string of the molecule is COC(=O)N[C@H](C(=O)N1CCC[C@H]1c1nc2ccc(-c3csc4c(-c5ccc6nc([C@@H]7CCCN7C(=O)[C@H](NC(=O)OC)C7C=CC=CC7)[nH]c6c5)csc34)cc2[nH]1)C(C)C. The number of aromatic amines is 2. The molecule has 16 heteroatoms. The van der Waals surface area contributed by atoms with Crippen molar-refractivity contribution >= 4 is 78.1 Å². The molecule has 2 aliphatic heterocycles. The number of fused-ring (bicyclic) bond motifs is 3. The van der Waals surface area contributed by atoms with Crippen LogP contribution in [0.3, 0.4) is 0 Å². The molecule has 0 radical (unpaired) electrons. The van der Waals surface area contributed by atoms with E-state index < -0.39 is 24.3 Å². The van der Waals surface area contributed by atoms with E-state index in [4.69, 9.17) is 19.4 Å². The van der Waals surface area contributed by atoms with Crippen molar-refractivity contribution in [3.05, 3.63) is 83.1 Å². The highest BCUT2D eigenvalue weighted by Crippen LogP contribution is 2.45. The van der Waals surface area contributed by atoms with E-state index >= 15 is 0 Å². The van der Waals surface area contributed by atoms with Crippen molar-refractivity contribution in [3.63, 3.8) is 0 Å². The van der Waals surface area contributed by atoms with Crippen LogP contribution in [0.25, 0.3) is 53.7 Å². The number of nitrogens with zero attached hydrogens (tertiary/aromatic N) is 4. The maximum Gasteiger partial charge on any atom is 0.407 e. The highest BCUT2D eigenvalue weighted by atomic mass is 32.1. The zero-order valence-corrected chi connectivity index (χ0v) is 36.0. The molecule has 0 spiro atoms. The van der Waals surface area contributed by atoms with E-state index in [-0.39, 0.29) is 35.7 Å². The van der Waals surface area contributed by atoms with E-state index in [1.807, 2.05) is 60.1 Å². The third-order valence-electron chi connectivity index (χ3n) is 12.2. The number of hydrogen-bond acceptors (Lipinski definition) is 10. The van der Waals surface area contributed by atoms with Gasteiger partial charge in [-0.2, -0.15) is 0 Å². The lowest BCUT2D eigenvalue weighted by atomic mass is 9.91. The summed E-state index contributed by atoms with van der Waals surface area (Å²) in [5, 5.41) is 9.94. The lowest BCUT2D eigenvalue weighted by Gasteiger charge is -2.31. The fourth-order valence-electron chi connectivity index (χ4n) is 9.00. The van der Waals surface area contributed by atoms with Crippen LogP contribution in [0, 0.1) is 11.8 Å². The predicted octanol–water partition coefficient (Wildman–Crippen LogP) is 8.61. The third kappa shape index (κ3) is 7.67. The Bertz CT molecular complexity index is 2710. The van der Waals surface area contributed by atoms with Gasteiger partial charge in [-0.3, -0.25) is 9.59 Å². The lowest BCUT2D eigenvalue weighted by molar-refractivity contribution is -0.136. The van der Waals surface area contributed by atoms with Gasteiger partial charge in [-0.05, 0) is 73.4 Å². The lowest BCUT2D eigenvalue weighted by Crippen LogP contribution is -2.52. The van der Waals surface area contributed by atoms with Crippen molar-refractivity contribution in [1.82, 2.24) is 40.4 Å². The number of carbonyl (C=O) groups excluding carboxylic acids is 4. The van der Waals surface area contributed by atoms with Crippen LogP contribution in [-0.2, 0) is 19.1 Å². The number of H-pyrrole nitrogens is 2. The fourth-order valence-corrected chi connectivity index (χ4v) is 11.5. The summed E-state index contributed by atoms with van der Waals surface area (Å²) in [6, 6.07) is 10.6.